The number of amides is 1. The summed E-state index contributed by atoms with van der Waals surface area (Å²) in [6, 6.07) is 17.9. The molecule has 1 amide bonds. The number of carbonyl (C=O) groups is 1. The van der Waals surface area contributed by atoms with E-state index in [0.29, 0.717) is 11.6 Å². The van der Waals surface area contributed by atoms with Crippen molar-refractivity contribution in [2.45, 2.75) is 30.5 Å². The summed E-state index contributed by atoms with van der Waals surface area (Å²) in [5.41, 5.74) is 3.82. The van der Waals surface area contributed by atoms with Crippen LogP contribution in [0.25, 0.3) is 22.2 Å². The summed E-state index contributed by atoms with van der Waals surface area (Å²) in [5.74, 6) is 0.665. The van der Waals surface area contributed by atoms with Crippen LogP contribution in [0.4, 0.5) is 5.13 Å². The second kappa shape index (κ2) is 9.49. The molecule has 1 N–H and O–H groups in total. The summed E-state index contributed by atoms with van der Waals surface area (Å²) in [4.78, 5) is 22.3. The molecule has 2 heterocycles. The Hall–Kier alpha value is -2.90. The van der Waals surface area contributed by atoms with Crippen LogP contribution in [0.5, 0.6) is 5.75 Å². The molecule has 0 spiro atoms. The molecule has 2 aromatic carbocycles. The highest BCUT2D eigenvalue weighted by Gasteiger charge is 2.21. The van der Waals surface area contributed by atoms with Gasteiger partial charge in [-0.05, 0) is 31.0 Å². The number of hydrogen-bond donors (Lipinski definition) is 1. The summed E-state index contributed by atoms with van der Waals surface area (Å²) in [7, 11) is 1.64. The molecule has 0 bridgehead atoms. The van der Waals surface area contributed by atoms with E-state index in [1.807, 2.05) is 66.9 Å². The van der Waals surface area contributed by atoms with Gasteiger partial charge in [0.1, 0.15) is 11.3 Å². The number of pyridine rings is 1. The highest BCUT2D eigenvalue weighted by atomic mass is 32.2. The third kappa shape index (κ3) is 4.73. The van der Waals surface area contributed by atoms with Gasteiger partial charge in [0.25, 0.3) is 0 Å². The highest BCUT2D eigenvalue weighted by molar-refractivity contribution is 8.00. The molecule has 0 saturated carbocycles. The van der Waals surface area contributed by atoms with E-state index in [1.54, 1.807) is 7.11 Å². The fourth-order valence-electron chi connectivity index (χ4n) is 3.31. The first-order chi connectivity index (χ1) is 15.1. The van der Waals surface area contributed by atoms with Crippen LogP contribution in [-0.4, -0.2) is 28.2 Å². The molecular weight excluding hydrogens is 426 g/mol. The topological polar surface area (TPSA) is 64.1 Å². The third-order valence-corrected chi connectivity index (χ3v) is 6.98. The molecule has 158 valence electrons. The Bertz CT molecular complexity index is 1210. The maximum Gasteiger partial charge on any atom is 0.239 e. The third-order valence-electron chi connectivity index (χ3n) is 4.94. The molecular formula is C24H23N3O2S2. The van der Waals surface area contributed by atoms with Gasteiger partial charge >= 0.3 is 0 Å². The molecule has 0 aliphatic rings. The van der Waals surface area contributed by atoms with Crippen molar-refractivity contribution in [2.24, 2.45) is 0 Å². The molecule has 0 aliphatic carbocycles. The first-order valence-electron chi connectivity index (χ1n) is 10.0. The number of aryl methyl sites for hydroxylation is 1. The van der Waals surface area contributed by atoms with Crippen molar-refractivity contribution in [2.75, 3.05) is 12.4 Å². The van der Waals surface area contributed by atoms with Crippen molar-refractivity contribution in [3.8, 4) is 17.0 Å². The van der Waals surface area contributed by atoms with Gasteiger partial charge in [0.15, 0.2) is 5.13 Å². The number of ether oxygens (including phenoxy) is 1. The fraction of sp³-hybridized carbons (Fsp3) is 0.208. The van der Waals surface area contributed by atoms with Gasteiger partial charge in [0.2, 0.25) is 5.91 Å². The first kappa shape index (κ1) is 21.3. The Morgan fingerprint density at radius 1 is 1.16 bits per heavy atom. The van der Waals surface area contributed by atoms with E-state index >= 15 is 0 Å². The lowest BCUT2D eigenvalue weighted by atomic mass is 10.1. The van der Waals surface area contributed by atoms with Crippen molar-refractivity contribution in [1.82, 2.24) is 9.97 Å². The van der Waals surface area contributed by atoms with Crippen LogP contribution in [0.3, 0.4) is 0 Å². The van der Waals surface area contributed by atoms with Gasteiger partial charge in [-0.3, -0.25) is 4.79 Å². The molecule has 4 rings (SSSR count). The summed E-state index contributed by atoms with van der Waals surface area (Å²) in [5, 5.41) is 7.12. The molecule has 0 aliphatic heterocycles. The number of methoxy groups -OCH3 is 1. The van der Waals surface area contributed by atoms with Crippen LogP contribution in [0.1, 0.15) is 18.9 Å². The highest BCUT2D eigenvalue weighted by Crippen LogP contribution is 2.32. The second-order valence-electron chi connectivity index (χ2n) is 7.04. The zero-order valence-electron chi connectivity index (χ0n) is 17.6. The summed E-state index contributed by atoms with van der Waals surface area (Å²) in [6.45, 7) is 4.05. The van der Waals surface area contributed by atoms with E-state index in [-0.39, 0.29) is 11.2 Å². The number of aromatic nitrogens is 2. The van der Waals surface area contributed by atoms with Crippen molar-refractivity contribution >= 4 is 45.0 Å². The number of hydrogen-bond acceptors (Lipinski definition) is 6. The average molecular weight is 450 g/mol. The quantitative estimate of drug-likeness (QED) is 0.341. The predicted molar refractivity (Wildman–Crippen MR) is 129 cm³/mol. The molecule has 31 heavy (non-hydrogen) atoms. The zero-order chi connectivity index (χ0) is 21.8. The number of carbonyl (C=O) groups excluding carboxylic acids is 1. The van der Waals surface area contributed by atoms with Crippen LogP contribution in [0.15, 0.2) is 65.0 Å². The molecule has 7 heteroatoms. The van der Waals surface area contributed by atoms with Gasteiger partial charge in [-0.1, -0.05) is 61.2 Å². The number of benzene rings is 2. The molecule has 0 fully saturated rings. The Balaban J connectivity index is 1.52. The van der Waals surface area contributed by atoms with E-state index in [9.17, 15) is 4.79 Å². The molecule has 5 nitrogen and oxygen atoms in total. The summed E-state index contributed by atoms with van der Waals surface area (Å²) in [6.07, 6.45) is 0.679. The molecule has 1 atom stereocenters. The SMILES string of the molecule is CCC(Sc1cc(C)c2cccc(OC)c2n1)C(=O)Nc1nc(-c2ccccc2)cs1. The number of thiazole rings is 1. The number of nitrogens with zero attached hydrogens (tertiary/aromatic N) is 2. The lowest BCUT2D eigenvalue weighted by molar-refractivity contribution is -0.115. The average Bonchev–Trinajstić information content (AvgIpc) is 3.26. The van der Waals surface area contributed by atoms with Crippen molar-refractivity contribution < 1.29 is 9.53 Å². The monoisotopic (exact) mass is 449 g/mol. The number of rotatable bonds is 7. The van der Waals surface area contributed by atoms with Gasteiger partial charge in [-0.2, -0.15) is 0 Å². The van der Waals surface area contributed by atoms with Crippen molar-refractivity contribution in [3.63, 3.8) is 0 Å². The Morgan fingerprint density at radius 2 is 1.97 bits per heavy atom. The maximum absolute atomic E-state index is 12.9. The zero-order valence-corrected chi connectivity index (χ0v) is 19.2. The molecule has 1 unspecified atom stereocenters. The van der Waals surface area contributed by atoms with Crippen LogP contribution in [0, 0.1) is 6.92 Å². The van der Waals surface area contributed by atoms with Crippen LogP contribution >= 0.6 is 23.1 Å². The van der Waals surface area contributed by atoms with E-state index in [0.717, 1.165) is 38.5 Å². The van der Waals surface area contributed by atoms with Gasteiger partial charge in [0, 0.05) is 16.3 Å². The van der Waals surface area contributed by atoms with Gasteiger partial charge in [0.05, 0.1) is 23.1 Å². The number of fused-ring (bicyclic) bond motifs is 1. The normalized spacial score (nSPS) is 12.0. The molecule has 2 aromatic heterocycles. The Labute approximate surface area is 189 Å². The number of anilines is 1. The van der Waals surface area contributed by atoms with Crippen molar-refractivity contribution in [3.05, 3.63) is 65.5 Å². The minimum atomic E-state index is -0.275. The van der Waals surface area contributed by atoms with E-state index in [2.05, 4.69) is 17.2 Å². The van der Waals surface area contributed by atoms with Crippen LogP contribution in [0.2, 0.25) is 0 Å². The fourth-order valence-corrected chi connectivity index (χ4v) is 5.05. The molecule has 4 aromatic rings. The standard InChI is InChI=1S/C24H23N3O2S2/c1-4-20(23(28)27-24-25-18(14-30-24)16-9-6-5-7-10-16)31-21-13-15(2)17-11-8-12-19(29-3)22(17)26-21/h5-14,20H,4H2,1-3H3,(H,25,27,28). The summed E-state index contributed by atoms with van der Waals surface area (Å²) >= 11 is 2.90. The van der Waals surface area contributed by atoms with Crippen molar-refractivity contribution in [1.29, 1.82) is 0 Å². The molecule has 0 saturated heterocycles. The predicted octanol–water partition coefficient (Wildman–Crippen LogP) is 6.18. The van der Waals surface area contributed by atoms with Crippen LogP contribution < -0.4 is 10.1 Å². The number of thioether (sulfide) groups is 1. The molecule has 0 radical (unpaired) electrons. The van der Waals surface area contributed by atoms with Gasteiger partial charge < -0.3 is 10.1 Å². The second-order valence-corrected chi connectivity index (χ2v) is 9.12. The van der Waals surface area contributed by atoms with Gasteiger partial charge in [-0.25, -0.2) is 9.97 Å². The van der Waals surface area contributed by atoms with E-state index in [4.69, 9.17) is 9.72 Å². The number of para-hydroxylation sites is 1. The van der Waals surface area contributed by atoms with Crippen LogP contribution in [-0.2, 0) is 4.79 Å². The van der Waals surface area contributed by atoms with Gasteiger partial charge in [-0.15, -0.1) is 11.3 Å². The van der Waals surface area contributed by atoms with E-state index in [1.165, 1.54) is 23.1 Å². The first-order valence-corrected chi connectivity index (χ1v) is 11.8. The lowest BCUT2D eigenvalue weighted by Crippen LogP contribution is -2.24. The smallest absolute Gasteiger partial charge is 0.239 e. The largest absolute Gasteiger partial charge is 0.494 e. The minimum Gasteiger partial charge on any atom is -0.494 e. The Kier molecular flexibility index (Phi) is 6.53. The lowest BCUT2D eigenvalue weighted by Gasteiger charge is -2.15. The Morgan fingerprint density at radius 3 is 2.71 bits per heavy atom. The number of nitrogens with one attached hydrogen (secondary N) is 1. The summed E-state index contributed by atoms with van der Waals surface area (Å²) < 4.78 is 5.48. The van der Waals surface area contributed by atoms with E-state index < -0.39 is 0 Å². The minimum absolute atomic E-state index is 0.0685. The maximum atomic E-state index is 12.9.